The van der Waals surface area contributed by atoms with Crippen molar-refractivity contribution in [3.63, 3.8) is 0 Å². The molecule has 6 unspecified atom stereocenters. The molecule has 0 aliphatic rings. The second-order valence-corrected chi connectivity index (χ2v) is 8.69. The number of rotatable bonds is 24. The molecule has 0 N–H and O–H groups in total. The van der Waals surface area contributed by atoms with E-state index in [-0.39, 0.29) is 26.2 Å². The molecule has 0 fully saturated rings. The van der Waals surface area contributed by atoms with Crippen molar-refractivity contribution in [2.45, 2.75) is 127 Å². The molecule has 0 saturated carbocycles. The topological polar surface area (TPSA) is 9.23 Å². The Morgan fingerprint density at radius 2 is 0.697 bits per heavy atom. The minimum absolute atomic E-state index is 0.164. The second-order valence-electron chi connectivity index (χ2n) is 8.69. The van der Waals surface area contributed by atoms with E-state index in [4.69, 9.17) is 0 Å². The summed E-state index contributed by atoms with van der Waals surface area (Å²) in [6.45, 7) is -2.62. The van der Waals surface area contributed by atoms with Crippen LogP contribution in [0.5, 0.6) is 0 Å². The third-order valence-electron chi connectivity index (χ3n) is 5.66. The first-order valence-electron chi connectivity index (χ1n) is 12.4. The minimum Gasteiger partial charge on any atom is -0.375 e. The van der Waals surface area contributed by atoms with E-state index in [0.29, 0.717) is 38.5 Å². The Bertz CT molecular complexity index is 382. The molecule has 0 rings (SSSR count). The fraction of sp³-hybridized carbons (Fsp3) is 1.00. The average Bonchev–Trinajstić information content (AvgIpc) is 2.81. The molecular weight excluding hydrogens is 456 g/mol. The van der Waals surface area contributed by atoms with Crippen LogP contribution in [-0.4, -0.2) is 63.6 Å². The van der Waals surface area contributed by atoms with Crippen LogP contribution in [0, 0.1) is 0 Å². The van der Waals surface area contributed by atoms with E-state index in [2.05, 4.69) is 4.74 Å². The summed E-state index contributed by atoms with van der Waals surface area (Å²) in [4.78, 5) is 0. The van der Waals surface area contributed by atoms with Crippen molar-refractivity contribution < 1.29 is 39.9 Å². The van der Waals surface area contributed by atoms with Crippen LogP contribution < -0.4 is 0 Å². The minimum atomic E-state index is -2.44. The van der Waals surface area contributed by atoms with Gasteiger partial charge in [-0.25, -0.2) is 26.3 Å². The zero-order valence-corrected chi connectivity index (χ0v) is 19.6. The van der Waals surface area contributed by atoms with Gasteiger partial charge < -0.3 is 4.74 Å². The molecule has 0 spiro atoms. The smallest absolute Gasteiger partial charge is 0.164 e. The lowest BCUT2D eigenvalue weighted by Crippen LogP contribution is -2.35. The van der Waals surface area contributed by atoms with Crippen LogP contribution in [0.3, 0.4) is 0 Å². The summed E-state index contributed by atoms with van der Waals surface area (Å²) >= 11 is 0. The number of unbranched alkanes of at least 4 members (excludes halogenated alkanes) is 10. The molecule has 0 heterocycles. The summed E-state index contributed by atoms with van der Waals surface area (Å²) in [5, 5.41) is 0. The predicted molar refractivity (Wildman–Crippen MR) is 117 cm³/mol. The van der Waals surface area contributed by atoms with Gasteiger partial charge in [-0.15, -0.1) is 0 Å². The van der Waals surface area contributed by atoms with Crippen LogP contribution in [0.4, 0.5) is 35.1 Å². The van der Waals surface area contributed by atoms with Gasteiger partial charge in [-0.2, -0.15) is 0 Å². The highest BCUT2D eigenvalue weighted by molar-refractivity contribution is 4.79. The Morgan fingerprint density at radius 1 is 0.394 bits per heavy atom. The summed E-state index contributed by atoms with van der Waals surface area (Å²) in [6, 6.07) is 0. The maximum Gasteiger partial charge on any atom is 0.164 e. The summed E-state index contributed by atoms with van der Waals surface area (Å²) < 4.78 is 111. The Kier molecular flexibility index (Phi) is 21.5. The van der Waals surface area contributed by atoms with E-state index < -0.39 is 50.2 Å². The van der Waals surface area contributed by atoms with E-state index >= 15 is 0 Å². The third kappa shape index (κ3) is 17.5. The Labute approximate surface area is 194 Å². The molecular formula is C24H42F8O. The third-order valence-corrected chi connectivity index (χ3v) is 5.66. The molecule has 0 aliphatic carbocycles. The first-order chi connectivity index (χ1) is 15.8. The standard InChI is InChI=1S/C24H42F8O/c25-15-11-7-3-1-5-9-13-19(27)23(31)21(29)17-33-18-22(30)24(32)20(28)14-10-6-2-4-8-12-16-26/h19-24H,1-18H2. The molecule has 0 radical (unpaired) electrons. The molecule has 1 nitrogen and oxygen atoms in total. The van der Waals surface area contributed by atoms with E-state index in [1.54, 1.807) is 0 Å². The van der Waals surface area contributed by atoms with E-state index in [1.807, 2.05) is 0 Å². The van der Waals surface area contributed by atoms with Crippen LogP contribution in [-0.2, 0) is 4.74 Å². The van der Waals surface area contributed by atoms with Crippen LogP contribution in [0.25, 0.3) is 0 Å². The zero-order chi connectivity index (χ0) is 24.9. The fourth-order valence-corrected chi connectivity index (χ4v) is 3.53. The Hall–Kier alpha value is -0.600. The molecule has 200 valence electrons. The second kappa shape index (κ2) is 21.9. The van der Waals surface area contributed by atoms with Gasteiger partial charge in [-0.1, -0.05) is 64.2 Å². The van der Waals surface area contributed by atoms with Gasteiger partial charge in [0, 0.05) is 0 Å². The van der Waals surface area contributed by atoms with Crippen LogP contribution >= 0.6 is 0 Å². The highest BCUT2D eigenvalue weighted by Crippen LogP contribution is 2.21. The molecule has 0 aromatic rings. The summed E-state index contributed by atoms with van der Waals surface area (Å²) in [6.07, 6.45) is -6.29. The molecule has 0 amide bonds. The monoisotopic (exact) mass is 498 g/mol. The van der Waals surface area contributed by atoms with Gasteiger partial charge in [0.25, 0.3) is 0 Å². The molecule has 6 atom stereocenters. The first-order valence-corrected chi connectivity index (χ1v) is 12.4. The molecule has 0 aromatic heterocycles. The number of ether oxygens (including phenoxy) is 1. The predicted octanol–water partition coefficient (Wildman–Crippen LogP) is 8.43. The number of hydrogen-bond acceptors (Lipinski definition) is 1. The quantitative estimate of drug-likeness (QED) is 0.0959. The van der Waals surface area contributed by atoms with E-state index in [0.717, 1.165) is 38.5 Å². The van der Waals surface area contributed by atoms with Gasteiger partial charge in [0.05, 0.1) is 26.6 Å². The van der Waals surface area contributed by atoms with Gasteiger partial charge in [-0.3, -0.25) is 8.78 Å². The number of halogens is 8. The zero-order valence-electron chi connectivity index (χ0n) is 19.6. The van der Waals surface area contributed by atoms with Crippen molar-refractivity contribution in [3.05, 3.63) is 0 Å². The Balaban J connectivity index is 3.90. The number of alkyl halides is 8. The molecule has 0 saturated heterocycles. The van der Waals surface area contributed by atoms with Crippen molar-refractivity contribution in [2.24, 2.45) is 0 Å². The molecule has 9 heteroatoms. The van der Waals surface area contributed by atoms with E-state index in [1.165, 1.54) is 0 Å². The fourth-order valence-electron chi connectivity index (χ4n) is 3.53. The highest BCUT2D eigenvalue weighted by atomic mass is 19.2. The lowest BCUT2D eigenvalue weighted by Gasteiger charge is -2.20. The summed E-state index contributed by atoms with van der Waals surface area (Å²) in [5.74, 6) is 0. The van der Waals surface area contributed by atoms with Gasteiger partial charge >= 0.3 is 0 Å². The Morgan fingerprint density at radius 3 is 1.03 bits per heavy atom. The number of hydrogen-bond donors (Lipinski definition) is 0. The van der Waals surface area contributed by atoms with Gasteiger partial charge in [-0.05, 0) is 25.7 Å². The maximum absolute atomic E-state index is 13.8. The van der Waals surface area contributed by atoms with Crippen LogP contribution in [0.1, 0.15) is 89.9 Å². The van der Waals surface area contributed by atoms with Crippen molar-refractivity contribution in [1.82, 2.24) is 0 Å². The van der Waals surface area contributed by atoms with E-state index in [9.17, 15) is 35.1 Å². The SMILES string of the molecule is FCCCCCCCCC(F)C(F)C(F)COCC(F)C(F)C(F)CCCCCCCCF. The molecule has 33 heavy (non-hydrogen) atoms. The normalized spacial score (nSPS) is 17.5. The average molecular weight is 499 g/mol. The lowest BCUT2D eigenvalue weighted by molar-refractivity contribution is -0.0271. The van der Waals surface area contributed by atoms with Crippen molar-refractivity contribution >= 4 is 0 Å². The molecule has 0 aliphatic heterocycles. The largest absolute Gasteiger partial charge is 0.375 e. The van der Waals surface area contributed by atoms with Crippen molar-refractivity contribution in [2.75, 3.05) is 26.6 Å². The van der Waals surface area contributed by atoms with Gasteiger partial charge in [0.15, 0.2) is 24.7 Å². The van der Waals surface area contributed by atoms with Crippen molar-refractivity contribution in [3.8, 4) is 0 Å². The summed E-state index contributed by atoms with van der Waals surface area (Å²) in [7, 11) is 0. The molecule has 0 bridgehead atoms. The maximum atomic E-state index is 13.8. The van der Waals surface area contributed by atoms with Gasteiger partial charge in [0.1, 0.15) is 12.3 Å². The van der Waals surface area contributed by atoms with Gasteiger partial charge in [0.2, 0.25) is 0 Å². The van der Waals surface area contributed by atoms with Crippen LogP contribution in [0.15, 0.2) is 0 Å². The lowest BCUT2D eigenvalue weighted by atomic mass is 10.0. The van der Waals surface area contributed by atoms with Crippen LogP contribution in [0.2, 0.25) is 0 Å². The highest BCUT2D eigenvalue weighted by Gasteiger charge is 2.32. The first kappa shape index (κ1) is 32.4. The van der Waals surface area contributed by atoms with Crippen molar-refractivity contribution in [1.29, 1.82) is 0 Å². The summed E-state index contributed by atoms with van der Waals surface area (Å²) in [5.41, 5.74) is 0. The molecule has 0 aromatic carbocycles.